The van der Waals surface area contributed by atoms with Crippen LogP contribution in [0.15, 0.2) is 0 Å². The maximum absolute atomic E-state index is 12.4. The third-order valence-corrected chi connectivity index (χ3v) is 9.40. The molecule has 10 heteroatoms. The average molecular weight is 743 g/mol. The summed E-state index contributed by atoms with van der Waals surface area (Å²) in [6.45, 7) is 4.62. The number of hydrogen-bond donors (Lipinski definition) is 2. The Bertz CT molecular complexity index is 883. The quantitative estimate of drug-likeness (QED) is 0.0632. The van der Waals surface area contributed by atoms with Crippen molar-refractivity contribution in [2.75, 3.05) is 55.4 Å². The molecule has 0 rings (SSSR count). The molecule has 0 saturated carbocycles. The minimum atomic E-state index is -1.82. The van der Waals surface area contributed by atoms with Gasteiger partial charge >= 0.3 is 0 Å². The van der Waals surface area contributed by atoms with Gasteiger partial charge in [-0.3, -0.25) is 9.59 Å². The van der Waals surface area contributed by atoms with E-state index in [1.807, 2.05) is 42.3 Å². The van der Waals surface area contributed by atoms with E-state index < -0.39 is 36.0 Å². The molecule has 10 nitrogen and oxygen atoms in total. The Hall–Kier alpha value is -1.88. The Balaban J connectivity index is 0. The highest BCUT2D eigenvalue weighted by atomic mass is 16.4. The molecule has 0 spiro atoms. The zero-order valence-electron chi connectivity index (χ0n) is 35.0. The third kappa shape index (κ3) is 31.6. The van der Waals surface area contributed by atoms with Gasteiger partial charge in [0.25, 0.3) is 0 Å². The van der Waals surface area contributed by atoms with Crippen molar-refractivity contribution in [2.45, 2.75) is 192 Å². The predicted molar refractivity (Wildman–Crippen MR) is 207 cm³/mol. The summed E-state index contributed by atoms with van der Waals surface area (Å²) in [7, 11) is 11.0. The largest absolute Gasteiger partial charge is 0.550 e. The fraction of sp³-hybridized carbons (Fsp3) is 0.905. The summed E-state index contributed by atoms with van der Waals surface area (Å²) >= 11 is 0. The Kier molecular flexibility index (Phi) is 29.6. The topological polar surface area (TPSA) is 155 Å². The number of likely N-dealkylation sites (N-methyl/N-ethyl adjacent to an activating group) is 2. The van der Waals surface area contributed by atoms with Crippen LogP contribution in [0.2, 0.25) is 0 Å². The lowest BCUT2D eigenvalue weighted by atomic mass is 9.89. The second-order valence-corrected chi connectivity index (χ2v) is 17.5. The SMILES string of the molecule is CCCCCCCCCCCCCC(=O)C(O)(CC(=O)[O-])C[N+](C)(C)C.CCCCCCCCCCCCCC(=O)C(O)(CC(=O)[O-])C[N+](C)(C)C. The molecule has 308 valence electrons. The van der Waals surface area contributed by atoms with Crippen LogP contribution in [0.3, 0.4) is 0 Å². The summed E-state index contributed by atoms with van der Waals surface area (Å²) in [5.74, 6) is -3.50. The second kappa shape index (κ2) is 29.5. The van der Waals surface area contributed by atoms with Crippen LogP contribution in [0.1, 0.15) is 181 Å². The van der Waals surface area contributed by atoms with Gasteiger partial charge in [0.15, 0.2) is 22.8 Å². The summed E-state index contributed by atoms with van der Waals surface area (Å²) < 4.78 is 0.654. The predicted octanol–water partition coefficient (Wildman–Crippen LogP) is 5.67. The van der Waals surface area contributed by atoms with Gasteiger partial charge in [-0.25, -0.2) is 0 Å². The number of aliphatic carboxylic acids is 2. The smallest absolute Gasteiger partial charge is 0.177 e. The molecule has 0 aromatic carbocycles. The normalized spacial score (nSPS) is 14.2. The van der Waals surface area contributed by atoms with Gasteiger partial charge in [0.05, 0.1) is 42.3 Å². The highest BCUT2D eigenvalue weighted by Crippen LogP contribution is 2.21. The summed E-state index contributed by atoms with van der Waals surface area (Å²) in [4.78, 5) is 46.6. The molecule has 0 aliphatic rings. The van der Waals surface area contributed by atoms with E-state index in [1.165, 1.54) is 103 Å². The van der Waals surface area contributed by atoms with Crippen LogP contribution < -0.4 is 10.2 Å². The van der Waals surface area contributed by atoms with Crippen LogP contribution in [0.25, 0.3) is 0 Å². The first kappa shape index (κ1) is 52.2. The number of carbonyl (C=O) groups excluding carboxylic acids is 4. The first-order valence-corrected chi connectivity index (χ1v) is 20.7. The monoisotopic (exact) mass is 743 g/mol. The number of aliphatic hydroxyl groups is 2. The highest BCUT2D eigenvalue weighted by molar-refractivity contribution is 5.91. The molecule has 0 amide bonds. The number of ketones is 2. The first-order valence-electron chi connectivity index (χ1n) is 20.7. The number of carboxylic acids is 2. The van der Waals surface area contributed by atoms with E-state index in [0.29, 0.717) is 21.8 Å². The van der Waals surface area contributed by atoms with Crippen LogP contribution in [0, 0.1) is 0 Å². The summed E-state index contributed by atoms with van der Waals surface area (Å²) in [6, 6.07) is 0. The molecule has 52 heavy (non-hydrogen) atoms. The van der Waals surface area contributed by atoms with Crippen LogP contribution in [-0.4, -0.2) is 109 Å². The number of carbonyl (C=O) groups is 4. The number of hydrogen-bond acceptors (Lipinski definition) is 8. The van der Waals surface area contributed by atoms with E-state index in [-0.39, 0.29) is 37.5 Å². The van der Waals surface area contributed by atoms with Crippen molar-refractivity contribution >= 4 is 23.5 Å². The van der Waals surface area contributed by atoms with E-state index in [4.69, 9.17) is 0 Å². The minimum absolute atomic E-state index is 0.0812. The van der Waals surface area contributed by atoms with Crippen LogP contribution in [0.4, 0.5) is 0 Å². The van der Waals surface area contributed by atoms with Crippen molar-refractivity contribution in [3.05, 3.63) is 0 Å². The Morgan fingerprint density at radius 3 is 0.827 bits per heavy atom. The first-order chi connectivity index (χ1) is 24.2. The molecule has 0 fully saturated rings. The molecular weight excluding hydrogens is 660 g/mol. The van der Waals surface area contributed by atoms with Crippen LogP contribution >= 0.6 is 0 Å². The zero-order chi connectivity index (χ0) is 40.1. The third-order valence-electron chi connectivity index (χ3n) is 9.40. The second-order valence-electron chi connectivity index (χ2n) is 17.5. The Morgan fingerprint density at radius 2 is 0.635 bits per heavy atom. The highest BCUT2D eigenvalue weighted by Gasteiger charge is 2.41. The number of carboxylic acid groups (broad SMARTS) is 2. The average Bonchev–Trinajstić information content (AvgIpc) is 3.00. The minimum Gasteiger partial charge on any atom is -0.550 e. The van der Waals surface area contributed by atoms with Crippen molar-refractivity contribution in [3.8, 4) is 0 Å². The molecule has 2 unspecified atom stereocenters. The lowest BCUT2D eigenvalue weighted by molar-refractivity contribution is -0.875. The standard InChI is InChI=1S/2C21H41NO4/c2*1-5-6-7-8-9-10-11-12-13-14-15-16-19(23)21(26,17-20(24)25)18-22(2,3)4/h2*26H,5-18H2,1-4H3. The number of rotatable bonds is 34. The zero-order valence-corrected chi connectivity index (χ0v) is 35.0. The van der Waals surface area contributed by atoms with Gasteiger partial charge in [-0.1, -0.05) is 142 Å². The number of nitrogens with zero attached hydrogens (tertiary/aromatic N) is 2. The lowest BCUT2D eigenvalue weighted by Crippen LogP contribution is -2.56. The van der Waals surface area contributed by atoms with Gasteiger partial charge in [0, 0.05) is 37.6 Å². The molecular formula is C42H82N2O8. The molecule has 0 aliphatic heterocycles. The number of Topliss-reactive ketones (excluding diaryl/α,β-unsaturated/α-hetero) is 2. The van der Waals surface area contributed by atoms with Crippen LogP contribution in [-0.2, 0) is 19.2 Å². The van der Waals surface area contributed by atoms with Crippen molar-refractivity contribution in [1.82, 2.24) is 0 Å². The fourth-order valence-electron chi connectivity index (χ4n) is 6.90. The molecule has 0 heterocycles. The summed E-state index contributed by atoms with van der Waals surface area (Å²) in [5.41, 5.74) is -3.65. The maximum Gasteiger partial charge on any atom is 0.177 e. The summed E-state index contributed by atoms with van der Waals surface area (Å²) in [6.07, 6.45) is 25.4. The molecule has 0 saturated heterocycles. The fourth-order valence-corrected chi connectivity index (χ4v) is 6.90. The molecule has 0 radical (unpaired) electrons. The van der Waals surface area contributed by atoms with Gasteiger partial charge < -0.3 is 39.0 Å². The van der Waals surface area contributed by atoms with Gasteiger partial charge in [0.1, 0.15) is 13.1 Å². The Morgan fingerprint density at radius 1 is 0.423 bits per heavy atom. The van der Waals surface area contributed by atoms with E-state index in [1.54, 1.807) is 0 Å². The van der Waals surface area contributed by atoms with Crippen molar-refractivity contribution < 1.29 is 48.6 Å². The van der Waals surface area contributed by atoms with Crippen molar-refractivity contribution in [2.24, 2.45) is 0 Å². The Labute approximate surface area is 318 Å². The summed E-state index contributed by atoms with van der Waals surface area (Å²) in [5, 5.41) is 43.0. The number of unbranched alkanes of at least 4 members (excludes halogenated alkanes) is 20. The van der Waals surface area contributed by atoms with Crippen molar-refractivity contribution in [1.29, 1.82) is 0 Å². The van der Waals surface area contributed by atoms with Crippen LogP contribution in [0.5, 0.6) is 0 Å². The number of quaternary nitrogens is 2. The van der Waals surface area contributed by atoms with Crippen molar-refractivity contribution in [3.63, 3.8) is 0 Å². The molecule has 0 aromatic heterocycles. The van der Waals surface area contributed by atoms with E-state index in [0.717, 1.165) is 25.7 Å². The maximum atomic E-state index is 12.4. The van der Waals surface area contributed by atoms with Gasteiger partial charge in [0.2, 0.25) is 0 Å². The van der Waals surface area contributed by atoms with E-state index in [2.05, 4.69) is 13.8 Å². The molecule has 2 N–H and O–H groups in total. The molecule has 0 bridgehead atoms. The molecule has 0 aromatic rings. The van der Waals surface area contributed by atoms with E-state index in [9.17, 15) is 39.6 Å². The van der Waals surface area contributed by atoms with Gasteiger partial charge in [-0.2, -0.15) is 0 Å². The molecule has 2 atom stereocenters. The molecule has 0 aliphatic carbocycles. The van der Waals surface area contributed by atoms with Gasteiger partial charge in [-0.05, 0) is 12.8 Å². The van der Waals surface area contributed by atoms with Gasteiger partial charge in [-0.15, -0.1) is 0 Å². The lowest BCUT2D eigenvalue weighted by Gasteiger charge is -2.35. The van der Waals surface area contributed by atoms with E-state index >= 15 is 0 Å².